The zero-order valence-corrected chi connectivity index (χ0v) is 14.7. The number of amides is 1. The summed E-state index contributed by atoms with van der Waals surface area (Å²) in [6.45, 7) is 1.49. The molecule has 0 saturated carbocycles. The van der Waals surface area contributed by atoms with Crippen LogP contribution in [0.15, 0.2) is 57.9 Å². The molecule has 0 spiro atoms. The van der Waals surface area contributed by atoms with Crippen molar-refractivity contribution < 1.29 is 14.1 Å². The van der Waals surface area contributed by atoms with E-state index in [0.717, 1.165) is 10.7 Å². The van der Waals surface area contributed by atoms with Gasteiger partial charge in [0.25, 0.3) is 11.2 Å². The number of carbonyl (C=O) groups is 1. The minimum Gasteiger partial charge on any atom is -0.463 e. The Balaban J connectivity index is 1.86. The Kier molecular flexibility index (Phi) is 5.04. The third-order valence-electron chi connectivity index (χ3n) is 3.76. The van der Waals surface area contributed by atoms with Crippen molar-refractivity contribution in [1.29, 1.82) is 0 Å². The van der Waals surface area contributed by atoms with E-state index in [2.05, 4.69) is 10.4 Å². The van der Waals surface area contributed by atoms with Gasteiger partial charge < -0.3 is 9.73 Å². The fourth-order valence-corrected chi connectivity index (χ4v) is 2.53. The van der Waals surface area contributed by atoms with Crippen molar-refractivity contribution in [3.8, 4) is 11.5 Å². The summed E-state index contributed by atoms with van der Waals surface area (Å²) in [5, 5.41) is 17.6. The minimum absolute atomic E-state index is 0.0462. The number of rotatable bonds is 5. The smallest absolute Gasteiger partial charge is 0.289 e. The Morgan fingerprint density at radius 3 is 2.78 bits per heavy atom. The number of halogens is 1. The van der Waals surface area contributed by atoms with Crippen LogP contribution in [0.1, 0.15) is 13.0 Å². The molecule has 3 aromatic rings. The Morgan fingerprint density at radius 1 is 1.33 bits per heavy atom. The van der Waals surface area contributed by atoms with Crippen LogP contribution in [0.3, 0.4) is 0 Å². The molecule has 0 aliphatic rings. The molecule has 27 heavy (non-hydrogen) atoms. The highest BCUT2D eigenvalue weighted by Crippen LogP contribution is 2.27. The van der Waals surface area contributed by atoms with Crippen LogP contribution in [0, 0.1) is 10.1 Å². The van der Waals surface area contributed by atoms with Crippen molar-refractivity contribution in [2.45, 2.75) is 13.0 Å². The fourth-order valence-electron chi connectivity index (χ4n) is 2.35. The first-order valence-corrected chi connectivity index (χ1v) is 8.13. The standard InChI is InChI=1S/C17H13ClN4O5/c1-10(17(24)19-11-4-5-12(18)14(9-11)22(25)26)21-16(23)7-6-13(20-21)15-3-2-8-27-15/h2-10H,1H3,(H,19,24). The average Bonchev–Trinajstić information content (AvgIpc) is 3.17. The second-order valence-corrected chi connectivity index (χ2v) is 5.97. The Hall–Kier alpha value is -3.46. The minimum atomic E-state index is -0.970. The third-order valence-corrected chi connectivity index (χ3v) is 4.07. The van der Waals surface area contributed by atoms with Gasteiger partial charge in [0.1, 0.15) is 16.8 Å². The highest BCUT2D eigenvalue weighted by Gasteiger charge is 2.20. The van der Waals surface area contributed by atoms with E-state index in [1.165, 1.54) is 37.5 Å². The number of hydrogen-bond acceptors (Lipinski definition) is 6. The number of benzene rings is 1. The van der Waals surface area contributed by atoms with Gasteiger partial charge in [0.15, 0.2) is 5.76 Å². The molecule has 138 valence electrons. The van der Waals surface area contributed by atoms with E-state index in [0.29, 0.717) is 11.5 Å². The van der Waals surface area contributed by atoms with Gasteiger partial charge in [-0.3, -0.25) is 19.7 Å². The topological polar surface area (TPSA) is 120 Å². The third kappa shape index (κ3) is 3.87. The Morgan fingerprint density at radius 2 is 2.11 bits per heavy atom. The largest absolute Gasteiger partial charge is 0.463 e. The first-order chi connectivity index (χ1) is 12.9. The van der Waals surface area contributed by atoms with Crippen LogP contribution in [0.25, 0.3) is 11.5 Å². The zero-order valence-electron chi connectivity index (χ0n) is 14.0. The van der Waals surface area contributed by atoms with Gasteiger partial charge in [0.05, 0.1) is 11.2 Å². The summed E-state index contributed by atoms with van der Waals surface area (Å²) in [5.74, 6) is -0.123. The summed E-state index contributed by atoms with van der Waals surface area (Å²) in [7, 11) is 0. The van der Waals surface area contributed by atoms with E-state index in [1.54, 1.807) is 12.1 Å². The average molecular weight is 389 g/mol. The van der Waals surface area contributed by atoms with Crippen LogP contribution >= 0.6 is 11.6 Å². The molecule has 2 heterocycles. The highest BCUT2D eigenvalue weighted by atomic mass is 35.5. The molecule has 2 aromatic heterocycles. The number of carbonyl (C=O) groups excluding carboxylic acids is 1. The highest BCUT2D eigenvalue weighted by molar-refractivity contribution is 6.32. The van der Waals surface area contributed by atoms with Crippen molar-refractivity contribution in [1.82, 2.24) is 9.78 Å². The lowest BCUT2D eigenvalue weighted by Crippen LogP contribution is -2.33. The van der Waals surface area contributed by atoms with E-state index >= 15 is 0 Å². The number of nitro groups is 1. The molecule has 1 atom stereocenters. The van der Waals surface area contributed by atoms with E-state index < -0.39 is 22.4 Å². The van der Waals surface area contributed by atoms with Gasteiger partial charge in [-0.25, -0.2) is 4.68 Å². The fraction of sp³-hybridized carbons (Fsp3) is 0.118. The molecule has 1 unspecified atom stereocenters. The van der Waals surface area contributed by atoms with Crippen LogP contribution in [-0.4, -0.2) is 20.6 Å². The lowest BCUT2D eigenvalue weighted by Gasteiger charge is -2.14. The molecule has 0 aliphatic carbocycles. The summed E-state index contributed by atoms with van der Waals surface area (Å²) in [6, 6.07) is 9.03. The van der Waals surface area contributed by atoms with E-state index in [9.17, 15) is 19.7 Å². The monoisotopic (exact) mass is 388 g/mol. The van der Waals surface area contributed by atoms with Crippen LogP contribution in [-0.2, 0) is 4.79 Å². The summed E-state index contributed by atoms with van der Waals surface area (Å²) >= 11 is 5.75. The normalized spacial score (nSPS) is 11.8. The zero-order chi connectivity index (χ0) is 19.6. The predicted octanol–water partition coefficient (Wildman–Crippen LogP) is 3.26. The summed E-state index contributed by atoms with van der Waals surface area (Å²) in [5.41, 5.74) is -0.244. The van der Waals surface area contributed by atoms with Crippen molar-refractivity contribution in [3.05, 3.63) is 74.2 Å². The molecule has 1 amide bonds. The summed E-state index contributed by atoms with van der Waals surface area (Å²) in [4.78, 5) is 34.9. The maximum Gasteiger partial charge on any atom is 0.289 e. The van der Waals surface area contributed by atoms with Gasteiger partial charge in [-0.2, -0.15) is 5.10 Å². The molecule has 0 radical (unpaired) electrons. The van der Waals surface area contributed by atoms with E-state index in [1.807, 2.05) is 0 Å². The molecule has 0 saturated heterocycles. The first kappa shape index (κ1) is 18.3. The van der Waals surface area contributed by atoms with Crippen LogP contribution < -0.4 is 10.9 Å². The van der Waals surface area contributed by atoms with Gasteiger partial charge in [0.2, 0.25) is 5.91 Å². The number of nitrogens with zero attached hydrogens (tertiary/aromatic N) is 3. The second kappa shape index (κ2) is 7.42. The van der Waals surface area contributed by atoms with Crippen molar-refractivity contribution in [3.63, 3.8) is 0 Å². The quantitative estimate of drug-likeness (QED) is 0.529. The second-order valence-electron chi connectivity index (χ2n) is 5.57. The lowest BCUT2D eigenvalue weighted by atomic mass is 10.2. The van der Waals surface area contributed by atoms with E-state index in [4.69, 9.17) is 16.0 Å². The van der Waals surface area contributed by atoms with Gasteiger partial charge >= 0.3 is 0 Å². The Bertz CT molecular complexity index is 1060. The molecule has 1 aromatic carbocycles. The van der Waals surface area contributed by atoms with Gasteiger partial charge in [0, 0.05) is 17.8 Å². The number of hydrogen-bond donors (Lipinski definition) is 1. The van der Waals surface area contributed by atoms with Crippen LogP contribution in [0.4, 0.5) is 11.4 Å². The van der Waals surface area contributed by atoms with Gasteiger partial charge in [-0.05, 0) is 37.3 Å². The number of furan rings is 1. The van der Waals surface area contributed by atoms with Crippen LogP contribution in [0.2, 0.25) is 5.02 Å². The number of nitro benzene ring substituents is 1. The van der Waals surface area contributed by atoms with Crippen molar-refractivity contribution in [2.75, 3.05) is 5.32 Å². The SMILES string of the molecule is CC(C(=O)Nc1ccc(Cl)c([N+](=O)[O-])c1)n1nc(-c2ccco2)ccc1=O. The molecule has 0 bridgehead atoms. The van der Waals surface area contributed by atoms with Crippen molar-refractivity contribution >= 4 is 28.9 Å². The summed E-state index contributed by atoms with van der Waals surface area (Å²) < 4.78 is 6.25. The molecule has 10 heteroatoms. The first-order valence-electron chi connectivity index (χ1n) is 7.75. The number of anilines is 1. The molecule has 0 aliphatic heterocycles. The van der Waals surface area contributed by atoms with Crippen molar-refractivity contribution in [2.24, 2.45) is 0 Å². The summed E-state index contributed by atoms with van der Waals surface area (Å²) in [6.07, 6.45) is 1.47. The molecule has 9 nitrogen and oxygen atoms in total. The molecule has 0 fully saturated rings. The molecule has 3 rings (SSSR count). The molecular weight excluding hydrogens is 376 g/mol. The maximum atomic E-state index is 12.5. The maximum absolute atomic E-state index is 12.5. The lowest BCUT2D eigenvalue weighted by molar-refractivity contribution is -0.384. The molecule has 1 N–H and O–H groups in total. The Labute approximate surface area is 157 Å². The van der Waals surface area contributed by atoms with Gasteiger partial charge in [-0.1, -0.05) is 11.6 Å². The number of nitrogens with one attached hydrogen (secondary N) is 1. The predicted molar refractivity (Wildman–Crippen MR) is 97.6 cm³/mol. The van der Waals surface area contributed by atoms with Gasteiger partial charge in [-0.15, -0.1) is 0 Å². The molecular formula is C17H13ClN4O5. The van der Waals surface area contributed by atoms with Crippen LogP contribution in [0.5, 0.6) is 0 Å². The number of aromatic nitrogens is 2. The van der Waals surface area contributed by atoms with E-state index in [-0.39, 0.29) is 16.4 Å².